The van der Waals surface area contributed by atoms with E-state index in [9.17, 15) is 4.79 Å². The predicted octanol–water partition coefficient (Wildman–Crippen LogP) is 7.62. The third-order valence-electron chi connectivity index (χ3n) is 5.82. The van der Waals surface area contributed by atoms with Crippen LogP contribution >= 0.6 is 0 Å². The van der Waals surface area contributed by atoms with Crippen LogP contribution in [0.25, 0.3) is 11.0 Å². The van der Waals surface area contributed by atoms with Gasteiger partial charge in [-0.25, -0.2) is 4.98 Å². The van der Waals surface area contributed by atoms with Crippen molar-refractivity contribution in [2.45, 2.75) is 74.3 Å². The second kappa shape index (κ2) is 14.3. The number of carbonyl (C=O) groups excluding carboxylic acids is 1. The molecular weight excluding hydrogens is 446 g/mol. The molecule has 0 saturated heterocycles. The fraction of sp³-hybridized carbons (Fsp3) is 0.500. The van der Waals surface area contributed by atoms with E-state index in [4.69, 9.17) is 10.2 Å². The van der Waals surface area contributed by atoms with E-state index in [-0.39, 0.29) is 5.91 Å². The van der Waals surface area contributed by atoms with E-state index in [1.165, 1.54) is 6.42 Å². The Bertz CT molecular complexity index is 1130. The number of hydrogen-bond donors (Lipinski definition) is 1. The Balaban J connectivity index is 0.00000145. The number of nitrogens with one attached hydrogen (secondary N) is 1. The standard InChI is InChI=1S/C27H35N5O.C3H8/c1-6-32-25-17-22(26(33)31(15-13-19(2)3)16-14-20(4)5)9-12-24(25)30-27(32)29-23-10-7-21(18-28)8-11-23;1-3-2/h7-12,17,19-20H,6,13-16H2,1-5H3,(H,29,30);3H2,1-2H3. The van der Waals surface area contributed by atoms with Crippen molar-refractivity contribution in [3.63, 3.8) is 0 Å². The van der Waals surface area contributed by atoms with Gasteiger partial charge in [-0.2, -0.15) is 5.26 Å². The lowest BCUT2D eigenvalue weighted by Gasteiger charge is -2.24. The lowest BCUT2D eigenvalue weighted by Crippen LogP contribution is -2.34. The van der Waals surface area contributed by atoms with Gasteiger partial charge in [-0.15, -0.1) is 0 Å². The van der Waals surface area contributed by atoms with Gasteiger partial charge >= 0.3 is 0 Å². The van der Waals surface area contributed by atoms with E-state index in [2.05, 4.69) is 64.4 Å². The quantitative estimate of drug-likeness (QED) is 0.318. The first-order valence-electron chi connectivity index (χ1n) is 13.3. The van der Waals surface area contributed by atoms with Crippen molar-refractivity contribution in [1.29, 1.82) is 5.26 Å². The van der Waals surface area contributed by atoms with Crippen LogP contribution < -0.4 is 5.32 Å². The molecule has 6 nitrogen and oxygen atoms in total. The molecule has 6 heteroatoms. The summed E-state index contributed by atoms with van der Waals surface area (Å²) in [5.74, 6) is 1.92. The molecular formula is C30H43N5O. The van der Waals surface area contributed by atoms with Crippen LogP contribution in [0.4, 0.5) is 11.6 Å². The van der Waals surface area contributed by atoms with Crippen molar-refractivity contribution in [3.8, 4) is 6.07 Å². The molecule has 36 heavy (non-hydrogen) atoms. The summed E-state index contributed by atoms with van der Waals surface area (Å²) in [4.78, 5) is 20.2. The Morgan fingerprint density at radius 1 is 1.00 bits per heavy atom. The predicted molar refractivity (Wildman–Crippen MR) is 151 cm³/mol. The van der Waals surface area contributed by atoms with Crippen LogP contribution in [-0.4, -0.2) is 33.4 Å². The average Bonchev–Trinajstić information content (AvgIpc) is 3.20. The molecule has 0 unspecified atom stereocenters. The van der Waals surface area contributed by atoms with E-state index in [0.29, 0.717) is 23.0 Å². The molecule has 1 amide bonds. The van der Waals surface area contributed by atoms with Crippen molar-refractivity contribution in [2.24, 2.45) is 11.8 Å². The number of nitrogens with zero attached hydrogens (tertiary/aromatic N) is 4. The summed E-state index contributed by atoms with van der Waals surface area (Å²) in [5.41, 5.74) is 3.97. The number of carbonyl (C=O) groups is 1. The molecule has 0 aliphatic heterocycles. The van der Waals surface area contributed by atoms with Gasteiger partial charge < -0.3 is 14.8 Å². The first-order chi connectivity index (χ1) is 17.2. The second-order valence-corrected chi connectivity index (χ2v) is 10.1. The maximum atomic E-state index is 13.4. The molecule has 3 rings (SSSR count). The first-order valence-corrected chi connectivity index (χ1v) is 13.3. The van der Waals surface area contributed by atoms with Crippen molar-refractivity contribution in [3.05, 3.63) is 53.6 Å². The van der Waals surface area contributed by atoms with Gasteiger partial charge in [0.1, 0.15) is 0 Å². The van der Waals surface area contributed by atoms with Gasteiger partial charge in [0.2, 0.25) is 5.95 Å². The molecule has 1 aromatic heterocycles. The van der Waals surface area contributed by atoms with Crippen LogP contribution in [0.5, 0.6) is 0 Å². The number of fused-ring (bicyclic) bond motifs is 1. The molecule has 3 aromatic rings. The number of aromatic nitrogens is 2. The summed E-state index contributed by atoms with van der Waals surface area (Å²) in [5, 5.41) is 12.4. The monoisotopic (exact) mass is 489 g/mol. The van der Waals surface area contributed by atoms with E-state index in [0.717, 1.165) is 55.1 Å². The maximum Gasteiger partial charge on any atom is 0.253 e. The number of benzene rings is 2. The van der Waals surface area contributed by atoms with E-state index in [1.807, 2.05) is 35.2 Å². The number of nitriles is 1. The minimum atomic E-state index is 0.0867. The van der Waals surface area contributed by atoms with Gasteiger partial charge in [0, 0.05) is 30.9 Å². The van der Waals surface area contributed by atoms with E-state index < -0.39 is 0 Å². The largest absolute Gasteiger partial charge is 0.339 e. The van der Waals surface area contributed by atoms with Crippen molar-refractivity contribution in [2.75, 3.05) is 18.4 Å². The van der Waals surface area contributed by atoms with Crippen molar-refractivity contribution < 1.29 is 4.79 Å². The summed E-state index contributed by atoms with van der Waals surface area (Å²) < 4.78 is 2.08. The third kappa shape index (κ3) is 8.12. The third-order valence-corrected chi connectivity index (χ3v) is 5.82. The van der Waals surface area contributed by atoms with Gasteiger partial charge in [-0.3, -0.25) is 4.79 Å². The van der Waals surface area contributed by atoms with Crippen molar-refractivity contribution in [1.82, 2.24) is 14.5 Å². The highest BCUT2D eigenvalue weighted by molar-refractivity contribution is 5.98. The molecule has 0 radical (unpaired) electrons. The van der Waals surface area contributed by atoms with Gasteiger partial charge in [0.25, 0.3) is 5.91 Å². The molecule has 0 aliphatic rings. The van der Waals surface area contributed by atoms with Crippen LogP contribution in [0, 0.1) is 23.2 Å². The zero-order valence-corrected chi connectivity index (χ0v) is 23.1. The lowest BCUT2D eigenvalue weighted by molar-refractivity contribution is 0.0741. The molecule has 2 aromatic carbocycles. The van der Waals surface area contributed by atoms with Crippen molar-refractivity contribution >= 4 is 28.6 Å². The molecule has 1 N–H and O–H groups in total. The molecule has 1 heterocycles. The fourth-order valence-corrected chi connectivity index (χ4v) is 3.75. The van der Waals surface area contributed by atoms with Crippen LogP contribution in [0.3, 0.4) is 0 Å². The van der Waals surface area contributed by atoms with E-state index >= 15 is 0 Å². The van der Waals surface area contributed by atoms with Crippen LogP contribution in [-0.2, 0) is 6.54 Å². The Kier molecular flexibility index (Phi) is 11.5. The highest BCUT2D eigenvalue weighted by Gasteiger charge is 2.19. The SMILES string of the molecule is CCC.CCn1c(Nc2ccc(C#N)cc2)nc2ccc(C(=O)N(CCC(C)C)CCC(C)C)cc21. The number of aryl methyl sites for hydroxylation is 1. The average molecular weight is 490 g/mol. The molecule has 0 aliphatic carbocycles. The highest BCUT2D eigenvalue weighted by atomic mass is 16.2. The van der Waals surface area contributed by atoms with Crippen LogP contribution in [0.1, 0.15) is 83.7 Å². The van der Waals surface area contributed by atoms with Gasteiger partial charge in [0.15, 0.2) is 0 Å². The normalized spacial score (nSPS) is 10.8. The molecule has 0 fully saturated rings. The number of anilines is 2. The van der Waals surface area contributed by atoms with Crippen LogP contribution in [0.15, 0.2) is 42.5 Å². The summed E-state index contributed by atoms with van der Waals surface area (Å²) >= 11 is 0. The minimum Gasteiger partial charge on any atom is -0.339 e. The highest BCUT2D eigenvalue weighted by Crippen LogP contribution is 2.25. The molecule has 0 bridgehead atoms. The second-order valence-electron chi connectivity index (χ2n) is 10.1. The Hall–Kier alpha value is -3.33. The Labute approximate surface area is 217 Å². The number of imidazole rings is 1. The smallest absolute Gasteiger partial charge is 0.253 e. The Morgan fingerprint density at radius 3 is 2.08 bits per heavy atom. The molecule has 0 spiro atoms. The summed E-state index contributed by atoms with van der Waals surface area (Å²) in [6.07, 6.45) is 3.25. The topological polar surface area (TPSA) is 74.0 Å². The lowest BCUT2D eigenvalue weighted by atomic mass is 10.1. The fourth-order valence-electron chi connectivity index (χ4n) is 3.75. The zero-order valence-electron chi connectivity index (χ0n) is 23.1. The summed E-state index contributed by atoms with van der Waals surface area (Å²) in [7, 11) is 0. The summed E-state index contributed by atoms with van der Waals surface area (Å²) in [6, 6.07) is 15.2. The van der Waals surface area contributed by atoms with Crippen LogP contribution in [0.2, 0.25) is 0 Å². The van der Waals surface area contributed by atoms with E-state index in [1.54, 1.807) is 12.1 Å². The number of rotatable bonds is 10. The maximum absolute atomic E-state index is 13.4. The summed E-state index contributed by atoms with van der Waals surface area (Å²) in [6.45, 7) is 17.4. The molecule has 0 atom stereocenters. The Morgan fingerprint density at radius 2 is 1.58 bits per heavy atom. The van der Waals surface area contributed by atoms with Gasteiger partial charge in [-0.1, -0.05) is 48.0 Å². The van der Waals surface area contributed by atoms with Gasteiger partial charge in [-0.05, 0) is 74.1 Å². The van der Waals surface area contributed by atoms with Gasteiger partial charge in [0.05, 0.1) is 22.7 Å². The zero-order chi connectivity index (χ0) is 26.7. The minimum absolute atomic E-state index is 0.0867. The number of amides is 1. The molecule has 0 saturated carbocycles. The number of hydrogen-bond acceptors (Lipinski definition) is 4. The first kappa shape index (κ1) is 28.9. The molecule has 194 valence electrons.